The van der Waals surface area contributed by atoms with E-state index in [-0.39, 0.29) is 24.7 Å². The molecule has 0 saturated carbocycles. The molecule has 0 aromatic heterocycles. The largest absolute Gasteiger partial charge is 0.495 e. The van der Waals surface area contributed by atoms with Gasteiger partial charge in [0.15, 0.2) is 0 Å². The van der Waals surface area contributed by atoms with E-state index in [1.54, 1.807) is 17.0 Å². The zero-order valence-electron chi connectivity index (χ0n) is 13.8. The Morgan fingerprint density at radius 2 is 1.83 bits per heavy atom. The fourth-order valence-corrected chi connectivity index (χ4v) is 2.60. The van der Waals surface area contributed by atoms with Gasteiger partial charge in [0.25, 0.3) is 0 Å². The van der Waals surface area contributed by atoms with Crippen LogP contribution in [0.2, 0.25) is 5.02 Å². The molecule has 1 aromatic carbocycles. The summed E-state index contributed by atoms with van der Waals surface area (Å²) < 4.78 is 15.5. The highest BCUT2D eigenvalue weighted by atomic mass is 35.5. The molecule has 0 radical (unpaired) electrons. The van der Waals surface area contributed by atoms with Gasteiger partial charge in [-0.05, 0) is 6.07 Å². The fourth-order valence-electron chi connectivity index (χ4n) is 2.36. The number of rotatable bonds is 6. The second kappa shape index (κ2) is 8.75. The first-order valence-corrected chi connectivity index (χ1v) is 8.00. The van der Waals surface area contributed by atoms with Crippen LogP contribution in [0.4, 0.5) is 5.69 Å². The van der Waals surface area contributed by atoms with Crippen LogP contribution in [-0.4, -0.2) is 57.2 Å². The minimum absolute atomic E-state index is 0.0480. The number of carbonyl (C=O) groups excluding carboxylic acids is 2. The normalized spacial score (nSPS) is 14.2. The van der Waals surface area contributed by atoms with Crippen molar-refractivity contribution in [3.63, 3.8) is 0 Å². The predicted molar refractivity (Wildman–Crippen MR) is 89.8 cm³/mol. The van der Waals surface area contributed by atoms with Gasteiger partial charge in [0, 0.05) is 32.0 Å². The molecule has 2 amide bonds. The molecule has 0 unspecified atom stereocenters. The van der Waals surface area contributed by atoms with Crippen molar-refractivity contribution in [3.05, 3.63) is 17.2 Å². The highest BCUT2D eigenvalue weighted by Gasteiger charge is 2.18. The summed E-state index contributed by atoms with van der Waals surface area (Å²) in [6.45, 7) is 2.23. The zero-order chi connectivity index (χ0) is 17.5. The Balaban J connectivity index is 1.92. The first-order valence-electron chi connectivity index (χ1n) is 7.62. The Morgan fingerprint density at radius 3 is 2.46 bits per heavy atom. The van der Waals surface area contributed by atoms with E-state index in [2.05, 4.69) is 5.32 Å². The summed E-state index contributed by atoms with van der Waals surface area (Å²) in [6.07, 6.45) is 0.237. The number of halogens is 1. The quantitative estimate of drug-likeness (QED) is 0.842. The van der Waals surface area contributed by atoms with Gasteiger partial charge in [-0.2, -0.15) is 0 Å². The summed E-state index contributed by atoms with van der Waals surface area (Å²) in [6, 6.07) is 3.15. The molecular formula is C16H21ClN2O5. The average Bonchev–Trinajstić information content (AvgIpc) is 2.60. The number of morpholine rings is 1. The van der Waals surface area contributed by atoms with E-state index >= 15 is 0 Å². The monoisotopic (exact) mass is 356 g/mol. The molecule has 1 aliphatic rings. The third kappa shape index (κ3) is 4.75. The molecule has 0 spiro atoms. The maximum atomic E-state index is 12.1. The Bertz CT molecular complexity index is 602. The van der Waals surface area contributed by atoms with Crippen molar-refractivity contribution in [1.82, 2.24) is 4.90 Å². The van der Waals surface area contributed by atoms with Gasteiger partial charge in [0.2, 0.25) is 11.8 Å². The number of amides is 2. The second-order valence-electron chi connectivity index (χ2n) is 5.23. The summed E-state index contributed by atoms with van der Waals surface area (Å²) in [4.78, 5) is 25.9. The van der Waals surface area contributed by atoms with E-state index in [4.69, 9.17) is 25.8 Å². The van der Waals surface area contributed by atoms with Crippen LogP contribution < -0.4 is 14.8 Å². The van der Waals surface area contributed by atoms with Crippen LogP contribution in [0.3, 0.4) is 0 Å². The number of ether oxygens (including phenoxy) is 3. The standard InChI is InChI=1S/C16H21ClN2O5/c1-22-13-10-14(23-2)12(9-11(13)17)18-15(20)3-4-16(21)19-5-7-24-8-6-19/h9-10H,3-8H2,1-2H3,(H,18,20). The maximum Gasteiger partial charge on any atom is 0.224 e. The van der Waals surface area contributed by atoms with Crippen LogP contribution >= 0.6 is 11.6 Å². The molecule has 1 aliphatic heterocycles. The van der Waals surface area contributed by atoms with Crippen LogP contribution in [0.1, 0.15) is 12.8 Å². The van der Waals surface area contributed by atoms with E-state index in [1.165, 1.54) is 14.2 Å². The number of hydrogen-bond acceptors (Lipinski definition) is 5. The zero-order valence-corrected chi connectivity index (χ0v) is 14.5. The van der Waals surface area contributed by atoms with Gasteiger partial charge in [-0.1, -0.05) is 11.6 Å². The number of nitrogens with one attached hydrogen (secondary N) is 1. The van der Waals surface area contributed by atoms with E-state index < -0.39 is 0 Å². The van der Waals surface area contributed by atoms with Gasteiger partial charge in [-0.3, -0.25) is 9.59 Å². The van der Waals surface area contributed by atoms with Crippen LogP contribution in [0.15, 0.2) is 12.1 Å². The van der Waals surface area contributed by atoms with Crippen molar-refractivity contribution in [2.45, 2.75) is 12.8 Å². The van der Waals surface area contributed by atoms with Crippen LogP contribution in [0.25, 0.3) is 0 Å². The molecule has 0 bridgehead atoms. The smallest absolute Gasteiger partial charge is 0.224 e. The van der Waals surface area contributed by atoms with Gasteiger partial charge >= 0.3 is 0 Å². The van der Waals surface area contributed by atoms with Gasteiger partial charge < -0.3 is 24.4 Å². The van der Waals surface area contributed by atoms with E-state index in [0.29, 0.717) is 48.5 Å². The molecule has 24 heavy (non-hydrogen) atoms. The number of benzene rings is 1. The lowest BCUT2D eigenvalue weighted by molar-refractivity contribution is -0.136. The van der Waals surface area contributed by atoms with Crippen molar-refractivity contribution in [1.29, 1.82) is 0 Å². The van der Waals surface area contributed by atoms with Crippen molar-refractivity contribution in [2.75, 3.05) is 45.8 Å². The highest BCUT2D eigenvalue weighted by molar-refractivity contribution is 6.32. The molecule has 1 aromatic rings. The second-order valence-corrected chi connectivity index (χ2v) is 5.64. The van der Waals surface area contributed by atoms with Crippen molar-refractivity contribution in [2.24, 2.45) is 0 Å². The third-order valence-electron chi connectivity index (χ3n) is 3.68. The minimum atomic E-state index is -0.281. The first-order chi connectivity index (χ1) is 11.5. The van der Waals surface area contributed by atoms with Crippen LogP contribution in [0, 0.1) is 0 Å². The lowest BCUT2D eigenvalue weighted by atomic mass is 10.2. The number of methoxy groups -OCH3 is 2. The number of nitrogens with zero attached hydrogens (tertiary/aromatic N) is 1. The minimum Gasteiger partial charge on any atom is -0.495 e. The van der Waals surface area contributed by atoms with E-state index in [1.807, 2.05) is 0 Å². The molecule has 1 N–H and O–H groups in total. The molecule has 7 nitrogen and oxygen atoms in total. The molecule has 1 heterocycles. The van der Waals surface area contributed by atoms with Crippen LogP contribution in [-0.2, 0) is 14.3 Å². The summed E-state index contributed by atoms with van der Waals surface area (Å²) in [7, 11) is 2.98. The Kier molecular flexibility index (Phi) is 6.69. The lowest BCUT2D eigenvalue weighted by Gasteiger charge is -2.26. The molecule has 8 heteroatoms. The summed E-state index contributed by atoms with van der Waals surface area (Å²) >= 11 is 6.07. The first kappa shape index (κ1) is 18.4. The summed E-state index contributed by atoms with van der Waals surface area (Å²) in [5, 5.41) is 3.07. The number of carbonyl (C=O) groups is 2. The van der Waals surface area contributed by atoms with Crippen LogP contribution in [0.5, 0.6) is 11.5 Å². The molecule has 1 fully saturated rings. The van der Waals surface area contributed by atoms with Gasteiger partial charge in [0.1, 0.15) is 11.5 Å². The highest BCUT2D eigenvalue weighted by Crippen LogP contribution is 2.35. The lowest BCUT2D eigenvalue weighted by Crippen LogP contribution is -2.40. The van der Waals surface area contributed by atoms with Gasteiger partial charge in [-0.15, -0.1) is 0 Å². The summed E-state index contributed by atoms with van der Waals surface area (Å²) in [5.74, 6) is 0.558. The Labute approximate surface area is 145 Å². The molecule has 132 valence electrons. The van der Waals surface area contributed by atoms with Gasteiger partial charge in [-0.25, -0.2) is 0 Å². The predicted octanol–water partition coefficient (Wildman–Crippen LogP) is 1.93. The maximum absolute atomic E-state index is 12.1. The van der Waals surface area contributed by atoms with E-state index in [0.717, 1.165) is 0 Å². The third-order valence-corrected chi connectivity index (χ3v) is 3.97. The molecule has 2 rings (SSSR count). The van der Waals surface area contributed by atoms with Crippen molar-refractivity contribution in [3.8, 4) is 11.5 Å². The Morgan fingerprint density at radius 1 is 1.17 bits per heavy atom. The number of hydrogen-bond donors (Lipinski definition) is 1. The summed E-state index contributed by atoms with van der Waals surface area (Å²) in [5.41, 5.74) is 0.437. The van der Waals surface area contributed by atoms with E-state index in [9.17, 15) is 9.59 Å². The topological polar surface area (TPSA) is 77.1 Å². The SMILES string of the molecule is COc1cc(OC)c(NC(=O)CCC(=O)N2CCOCC2)cc1Cl. The fraction of sp³-hybridized carbons (Fsp3) is 0.500. The van der Waals surface area contributed by atoms with Crippen molar-refractivity contribution < 1.29 is 23.8 Å². The van der Waals surface area contributed by atoms with Crippen molar-refractivity contribution >= 4 is 29.1 Å². The number of anilines is 1. The average molecular weight is 357 g/mol. The molecule has 1 saturated heterocycles. The Hall–Kier alpha value is -1.99. The molecule has 0 atom stereocenters. The van der Waals surface area contributed by atoms with Gasteiger partial charge in [0.05, 0.1) is 38.1 Å². The molecular weight excluding hydrogens is 336 g/mol. The molecule has 0 aliphatic carbocycles.